The molecule has 0 aliphatic carbocycles. The predicted octanol–water partition coefficient (Wildman–Crippen LogP) is 2.95. The highest BCUT2D eigenvalue weighted by Gasteiger charge is 2.24. The minimum absolute atomic E-state index is 0.0632. The van der Waals surface area contributed by atoms with Crippen molar-refractivity contribution in [3.63, 3.8) is 0 Å². The van der Waals surface area contributed by atoms with Crippen molar-refractivity contribution in [2.45, 2.75) is 32.8 Å². The SMILES string of the molecule is Cc1ccc(NC(=O)c2c(C)oc3ncn(C)c(=O)c23)c(OCC2CCCO2)c1. The van der Waals surface area contributed by atoms with Crippen LogP contribution in [0.3, 0.4) is 0 Å². The number of benzene rings is 1. The van der Waals surface area contributed by atoms with E-state index in [1.54, 1.807) is 20.0 Å². The molecule has 1 N–H and O–H groups in total. The number of fused-ring (bicyclic) bond motifs is 1. The van der Waals surface area contributed by atoms with Gasteiger partial charge in [-0.3, -0.25) is 9.59 Å². The number of furan rings is 1. The summed E-state index contributed by atoms with van der Waals surface area (Å²) >= 11 is 0. The van der Waals surface area contributed by atoms with Crippen molar-refractivity contribution in [1.29, 1.82) is 0 Å². The summed E-state index contributed by atoms with van der Waals surface area (Å²) in [6, 6.07) is 5.53. The maximum atomic E-state index is 13.0. The lowest BCUT2D eigenvalue weighted by Crippen LogP contribution is -2.21. The first-order valence-corrected chi connectivity index (χ1v) is 9.55. The van der Waals surface area contributed by atoms with Gasteiger partial charge in [0.15, 0.2) is 0 Å². The van der Waals surface area contributed by atoms with Crippen LogP contribution in [0, 0.1) is 13.8 Å². The maximum Gasteiger partial charge on any atom is 0.265 e. The van der Waals surface area contributed by atoms with Gasteiger partial charge in [-0.15, -0.1) is 0 Å². The van der Waals surface area contributed by atoms with Crippen LogP contribution in [0.15, 0.2) is 33.7 Å². The Hall–Kier alpha value is -3.13. The van der Waals surface area contributed by atoms with Gasteiger partial charge in [0.2, 0.25) is 5.71 Å². The normalized spacial score (nSPS) is 16.3. The lowest BCUT2D eigenvalue weighted by atomic mass is 10.1. The molecule has 1 atom stereocenters. The van der Waals surface area contributed by atoms with E-state index in [0.717, 1.165) is 25.0 Å². The van der Waals surface area contributed by atoms with Crippen molar-refractivity contribution in [2.24, 2.45) is 7.05 Å². The Morgan fingerprint density at radius 2 is 2.21 bits per heavy atom. The molecule has 1 unspecified atom stereocenters. The fourth-order valence-electron chi connectivity index (χ4n) is 3.46. The maximum absolute atomic E-state index is 13.0. The first-order valence-electron chi connectivity index (χ1n) is 9.55. The second-order valence-electron chi connectivity index (χ2n) is 7.27. The lowest BCUT2D eigenvalue weighted by molar-refractivity contribution is 0.0681. The molecule has 1 amide bonds. The smallest absolute Gasteiger partial charge is 0.265 e. The number of aromatic nitrogens is 2. The molecule has 0 saturated carbocycles. The molecule has 8 nitrogen and oxygen atoms in total. The molecule has 0 radical (unpaired) electrons. The van der Waals surface area contributed by atoms with Crippen molar-refractivity contribution in [1.82, 2.24) is 9.55 Å². The zero-order valence-electron chi connectivity index (χ0n) is 16.7. The average Bonchev–Trinajstić information content (AvgIpc) is 3.32. The standard InChI is InChI=1S/C21H23N3O5/c1-12-6-7-15(16(9-12)28-10-14-5-4-8-27-14)23-19(25)17-13(2)29-20-18(17)21(26)24(3)11-22-20/h6-7,9,11,14H,4-5,8,10H2,1-3H3,(H,23,25). The van der Waals surface area contributed by atoms with Crippen molar-refractivity contribution in [3.05, 3.63) is 51.8 Å². The third kappa shape index (κ3) is 3.75. The van der Waals surface area contributed by atoms with E-state index in [9.17, 15) is 9.59 Å². The molecule has 8 heteroatoms. The first kappa shape index (κ1) is 19.2. The van der Waals surface area contributed by atoms with Crippen LogP contribution >= 0.6 is 0 Å². The van der Waals surface area contributed by atoms with E-state index < -0.39 is 5.91 Å². The van der Waals surface area contributed by atoms with Gasteiger partial charge in [-0.1, -0.05) is 6.07 Å². The Kier molecular flexibility index (Phi) is 5.10. The molecular weight excluding hydrogens is 374 g/mol. The molecule has 3 aromatic rings. The van der Waals surface area contributed by atoms with E-state index >= 15 is 0 Å². The zero-order chi connectivity index (χ0) is 20.5. The van der Waals surface area contributed by atoms with Gasteiger partial charge in [-0.25, -0.2) is 4.98 Å². The Morgan fingerprint density at radius 1 is 1.38 bits per heavy atom. The van der Waals surface area contributed by atoms with Crippen LogP contribution in [0.25, 0.3) is 11.1 Å². The lowest BCUT2D eigenvalue weighted by Gasteiger charge is -2.16. The van der Waals surface area contributed by atoms with Crippen LogP contribution in [0.1, 0.15) is 34.5 Å². The number of carbonyl (C=O) groups excluding carboxylic acids is 1. The number of carbonyl (C=O) groups is 1. The molecule has 152 valence electrons. The highest BCUT2D eigenvalue weighted by atomic mass is 16.5. The van der Waals surface area contributed by atoms with Gasteiger partial charge in [-0.2, -0.15) is 0 Å². The van der Waals surface area contributed by atoms with Crippen molar-refractivity contribution >= 4 is 22.7 Å². The largest absolute Gasteiger partial charge is 0.489 e. The van der Waals surface area contributed by atoms with E-state index in [1.165, 1.54) is 10.9 Å². The summed E-state index contributed by atoms with van der Waals surface area (Å²) in [4.78, 5) is 29.7. The fraction of sp³-hybridized carbons (Fsp3) is 0.381. The summed E-state index contributed by atoms with van der Waals surface area (Å²) in [5.41, 5.74) is 1.52. The fourth-order valence-corrected chi connectivity index (χ4v) is 3.46. The molecule has 3 heterocycles. The number of anilines is 1. The molecule has 4 rings (SSSR count). The van der Waals surface area contributed by atoms with Gasteiger partial charge >= 0.3 is 0 Å². The van der Waals surface area contributed by atoms with Crippen LogP contribution in [0.4, 0.5) is 5.69 Å². The minimum atomic E-state index is -0.447. The molecule has 0 bridgehead atoms. The van der Waals surface area contributed by atoms with E-state index in [-0.39, 0.29) is 28.3 Å². The first-order chi connectivity index (χ1) is 13.9. The third-order valence-electron chi connectivity index (χ3n) is 5.01. The Morgan fingerprint density at radius 3 is 2.97 bits per heavy atom. The number of ether oxygens (including phenoxy) is 2. The summed E-state index contributed by atoms with van der Waals surface area (Å²) in [6.45, 7) is 4.76. The quantitative estimate of drug-likeness (QED) is 0.711. The molecule has 1 saturated heterocycles. The van der Waals surface area contributed by atoms with Gasteiger partial charge in [0.25, 0.3) is 11.5 Å². The predicted molar refractivity (Wildman–Crippen MR) is 108 cm³/mol. The molecule has 1 aromatic carbocycles. The summed E-state index contributed by atoms with van der Waals surface area (Å²) < 4.78 is 18.4. The van der Waals surface area contributed by atoms with Crippen molar-refractivity contribution < 1.29 is 18.7 Å². The molecule has 1 aliphatic rings. The highest BCUT2D eigenvalue weighted by Crippen LogP contribution is 2.29. The number of nitrogens with one attached hydrogen (secondary N) is 1. The van der Waals surface area contributed by atoms with Gasteiger partial charge in [0, 0.05) is 13.7 Å². The second kappa shape index (κ2) is 7.71. The second-order valence-corrected chi connectivity index (χ2v) is 7.27. The molecule has 29 heavy (non-hydrogen) atoms. The highest BCUT2D eigenvalue weighted by molar-refractivity contribution is 6.13. The number of amides is 1. The van der Waals surface area contributed by atoms with E-state index in [4.69, 9.17) is 13.9 Å². The Bertz CT molecular complexity index is 1130. The van der Waals surface area contributed by atoms with Crippen LogP contribution in [-0.4, -0.2) is 34.8 Å². The van der Waals surface area contributed by atoms with Gasteiger partial charge < -0.3 is 23.8 Å². The minimum Gasteiger partial charge on any atom is -0.489 e. The molecule has 1 aliphatic heterocycles. The summed E-state index contributed by atoms with van der Waals surface area (Å²) in [6.07, 6.45) is 3.42. The Labute approximate surface area is 167 Å². The molecule has 0 spiro atoms. The molecular formula is C21H23N3O5. The number of rotatable bonds is 5. The summed E-state index contributed by atoms with van der Waals surface area (Å²) in [7, 11) is 1.58. The summed E-state index contributed by atoms with van der Waals surface area (Å²) in [5.74, 6) is 0.449. The van der Waals surface area contributed by atoms with Crippen molar-refractivity contribution in [2.75, 3.05) is 18.5 Å². The number of aryl methyl sites for hydroxylation is 3. The van der Waals surface area contributed by atoms with Gasteiger partial charge in [0.1, 0.15) is 29.8 Å². The van der Waals surface area contributed by atoms with E-state index in [1.807, 2.05) is 19.1 Å². The van der Waals surface area contributed by atoms with Crippen molar-refractivity contribution in [3.8, 4) is 5.75 Å². The van der Waals surface area contributed by atoms with Crippen LogP contribution < -0.4 is 15.6 Å². The Balaban J connectivity index is 1.63. The van der Waals surface area contributed by atoms with Gasteiger partial charge in [0.05, 0.1) is 17.4 Å². The topological polar surface area (TPSA) is 95.6 Å². The van der Waals surface area contributed by atoms with Crippen LogP contribution in [0.2, 0.25) is 0 Å². The van der Waals surface area contributed by atoms with Gasteiger partial charge in [-0.05, 0) is 44.4 Å². The third-order valence-corrected chi connectivity index (χ3v) is 5.01. The van der Waals surface area contributed by atoms with E-state index in [0.29, 0.717) is 23.8 Å². The monoisotopic (exact) mass is 397 g/mol. The molecule has 2 aromatic heterocycles. The van der Waals surface area contributed by atoms with E-state index in [2.05, 4.69) is 10.3 Å². The number of hydrogen-bond acceptors (Lipinski definition) is 6. The van der Waals surface area contributed by atoms with Crippen LogP contribution in [-0.2, 0) is 11.8 Å². The average molecular weight is 397 g/mol. The number of hydrogen-bond donors (Lipinski definition) is 1. The van der Waals surface area contributed by atoms with Crippen LogP contribution in [0.5, 0.6) is 5.75 Å². The zero-order valence-corrected chi connectivity index (χ0v) is 16.7. The molecule has 1 fully saturated rings. The summed E-state index contributed by atoms with van der Waals surface area (Å²) in [5, 5.41) is 3.02. The number of nitrogens with zero attached hydrogens (tertiary/aromatic N) is 2.